The molecule has 0 atom stereocenters. The normalized spacial score (nSPS) is 11.1. The van der Waals surface area contributed by atoms with E-state index in [0.29, 0.717) is 5.57 Å². The number of hydrogen-bond acceptors (Lipinski definition) is 5. The Kier molecular flexibility index (Phi) is 3.34. The molecular formula is C12H12N6. The molecule has 0 fully saturated rings. The molecule has 0 unspecified atom stereocenters. The summed E-state index contributed by atoms with van der Waals surface area (Å²) in [6.45, 7) is 4.01. The van der Waals surface area contributed by atoms with Crippen LogP contribution in [0, 0.1) is 25.2 Å². The molecule has 0 saturated carbocycles. The zero-order valence-corrected chi connectivity index (χ0v) is 10.1. The molecular weight excluding hydrogens is 228 g/mol. The highest BCUT2D eigenvalue weighted by molar-refractivity contribution is 5.74. The van der Waals surface area contributed by atoms with Crippen LogP contribution in [-0.2, 0) is 0 Å². The Balaban J connectivity index is 2.27. The number of aromatic amines is 1. The lowest BCUT2D eigenvalue weighted by Gasteiger charge is -2.08. The van der Waals surface area contributed by atoms with Crippen LogP contribution in [0.2, 0.25) is 0 Å². The summed E-state index contributed by atoms with van der Waals surface area (Å²) in [4.78, 5) is 0. The molecule has 18 heavy (non-hydrogen) atoms. The van der Waals surface area contributed by atoms with Crippen LogP contribution in [-0.4, -0.2) is 20.6 Å². The number of allylic oxidation sites excluding steroid dienone is 1. The first-order valence-corrected chi connectivity index (χ1v) is 5.39. The molecule has 0 aliphatic rings. The Morgan fingerprint density at radius 1 is 1.39 bits per heavy atom. The van der Waals surface area contributed by atoms with Gasteiger partial charge in [0.1, 0.15) is 11.6 Å². The Labute approximate surface area is 104 Å². The van der Waals surface area contributed by atoms with Gasteiger partial charge in [0.05, 0.1) is 0 Å². The number of H-pyrrole nitrogens is 1. The van der Waals surface area contributed by atoms with Gasteiger partial charge in [0, 0.05) is 11.9 Å². The number of nitriles is 1. The van der Waals surface area contributed by atoms with Crippen LogP contribution in [0.15, 0.2) is 24.4 Å². The number of hydrogen-bond donors (Lipinski definition) is 2. The Morgan fingerprint density at radius 2 is 2.11 bits per heavy atom. The second-order valence-electron chi connectivity index (χ2n) is 3.82. The number of aromatic nitrogens is 4. The van der Waals surface area contributed by atoms with E-state index >= 15 is 0 Å². The maximum absolute atomic E-state index is 9.03. The van der Waals surface area contributed by atoms with Gasteiger partial charge in [-0.1, -0.05) is 18.2 Å². The fourth-order valence-electron chi connectivity index (χ4n) is 1.61. The summed E-state index contributed by atoms with van der Waals surface area (Å²) in [7, 11) is 0. The van der Waals surface area contributed by atoms with E-state index in [-0.39, 0.29) is 5.82 Å². The van der Waals surface area contributed by atoms with Crippen LogP contribution in [0.4, 0.5) is 5.69 Å². The van der Waals surface area contributed by atoms with Crippen LogP contribution in [0.3, 0.4) is 0 Å². The molecule has 0 amide bonds. The number of rotatable bonds is 3. The van der Waals surface area contributed by atoms with E-state index in [1.54, 1.807) is 6.20 Å². The molecule has 6 heteroatoms. The average Bonchev–Trinajstić information content (AvgIpc) is 2.87. The van der Waals surface area contributed by atoms with Gasteiger partial charge in [0.2, 0.25) is 5.82 Å². The number of nitrogens with zero attached hydrogens (tertiary/aromatic N) is 4. The largest absolute Gasteiger partial charge is 0.360 e. The van der Waals surface area contributed by atoms with Crippen molar-refractivity contribution in [1.29, 1.82) is 5.26 Å². The van der Waals surface area contributed by atoms with Gasteiger partial charge in [-0.15, -0.1) is 10.2 Å². The summed E-state index contributed by atoms with van der Waals surface area (Å²) in [6.07, 6.45) is 1.58. The summed E-state index contributed by atoms with van der Waals surface area (Å²) >= 11 is 0. The van der Waals surface area contributed by atoms with Crippen molar-refractivity contribution in [2.24, 2.45) is 0 Å². The molecule has 2 rings (SSSR count). The Bertz CT molecular complexity index is 586. The van der Waals surface area contributed by atoms with Crippen LogP contribution in [0.25, 0.3) is 5.57 Å². The highest BCUT2D eigenvalue weighted by Gasteiger charge is 2.06. The zero-order valence-electron chi connectivity index (χ0n) is 10.1. The molecule has 0 spiro atoms. The lowest BCUT2D eigenvalue weighted by molar-refractivity contribution is 0.881. The molecule has 1 aromatic carbocycles. The number of benzene rings is 1. The number of anilines is 1. The first kappa shape index (κ1) is 11.8. The van der Waals surface area contributed by atoms with Crippen LogP contribution in [0.5, 0.6) is 0 Å². The molecule has 0 radical (unpaired) electrons. The maximum atomic E-state index is 9.03. The van der Waals surface area contributed by atoms with E-state index in [1.165, 1.54) is 0 Å². The van der Waals surface area contributed by atoms with Gasteiger partial charge in [-0.2, -0.15) is 10.5 Å². The van der Waals surface area contributed by atoms with Crippen molar-refractivity contribution in [3.8, 4) is 6.07 Å². The molecule has 1 aromatic heterocycles. The van der Waals surface area contributed by atoms with Gasteiger partial charge < -0.3 is 5.32 Å². The average molecular weight is 240 g/mol. The lowest BCUT2D eigenvalue weighted by atomic mass is 10.1. The molecule has 6 nitrogen and oxygen atoms in total. The maximum Gasteiger partial charge on any atom is 0.216 e. The van der Waals surface area contributed by atoms with Gasteiger partial charge in [-0.25, -0.2) is 0 Å². The van der Waals surface area contributed by atoms with Crippen LogP contribution >= 0.6 is 0 Å². The van der Waals surface area contributed by atoms with Gasteiger partial charge in [-0.3, -0.25) is 0 Å². The summed E-state index contributed by atoms with van der Waals surface area (Å²) in [6, 6.07) is 8.02. The quantitative estimate of drug-likeness (QED) is 0.798. The van der Waals surface area contributed by atoms with Gasteiger partial charge in [0.25, 0.3) is 0 Å². The molecule has 0 saturated heterocycles. The molecule has 0 bridgehead atoms. The fraction of sp³-hybridized carbons (Fsp3) is 0.167. The SMILES string of the molecule is Cc1cccc(C)c1NC=C(C#N)c1nn[nH]n1. The highest BCUT2D eigenvalue weighted by atomic mass is 15.5. The second kappa shape index (κ2) is 5.10. The van der Waals surface area contributed by atoms with Crippen molar-refractivity contribution < 1.29 is 0 Å². The smallest absolute Gasteiger partial charge is 0.216 e. The van der Waals surface area contributed by atoms with Crippen molar-refractivity contribution in [3.63, 3.8) is 0 Å². The summed E-state index contributed by atoms with van der Waals surface area (Å²) in [5.74, 6) is 0.274. The van der Waals surface area contributed by atoms with E-state index in [2.05, 4.69) is 25.9 Å². The number of nitrogens with one attached hydrogen (secondary N) is 2. The predicted octanol–water partition coefficient (Wildman–Crippen LogP) is 1.79. The zero-order chi connectivity index (χ0) is 13.0. The third-order valence-electron chi connectivity index (χ3n) is 2.55. The number of aryl methyl sites for hydroxylation is 2. The van der Waals surface area contributed by atoms with Crippen molar-refractivity contribution in [2.75, 3.05) is 5.32 Å². The van der Waals surface area contributed by atoms with E-state index in [0.717, 1.165) is 16.8 Å². The van der Waals surface area contributed by atoms with E-state index < -0.39 is 0 Å². The van der Waals surface area contributed by atoms with E-state index in [1.807, 2.05) is 38.1 Å². The van der Waals surface area contributed by atoms with Crippen molar-refractivity contribution in [3.05, 3.63) is 41.4 Å². The van der Waals surface area contributed by atoms with Gasteiger partial charge in [-0.05, 0) is 30.2 Å². The summed E-state index contributed by atoms with van der Waals surface area (Å²) in [5, 5.41) is 25.4. The topological polar surface area (TPSA) is 90.3 Å². The third-order valence-corrected chi connectivity index (χ3v) is 2.55. The van der Waals surface area contributed by atoms with Crippen LogP contribution in [0.1, 0.15) is 17.0 Å². The van der Waals surface area contributed by atoms with Crippen molar-refractivity contribution in [1.82, 2.24) is 20.6 Å². The fourth-order valence-corrected chi connectivity index (χ4v) is 1.61. The monoisotopic (exact) mass is 240 g/mol. The van der Waals surface area contributed by atoms with Crippen molar-refractivity contribution >= 4 is 11.3 Å². The van der Waals surface area contributed by atoms with Crippen molar-refractivity contribution in [2.45, 2.75) is 13.8 Å². The Hall–Kier alpha value is -2.68. The second-order valence-corrected chi connectivity index (χ2v) is 3.82. The molecule has 0 aliphatic carbocycles. The molecule has 0 aliphatic heterocycles. The molecule has 2 N–H and O–H groups in total. The molecule has 90 valence electrons. The van der Waals surface area contributed by atoms with E-state index in [4.69, 9.17) is 5.26 Å². The number of tetrazole rings is 1. The van der Waals surface area contributed by atoms with Crippen LogP contribution < -0.4 is 5.32 Å². The molecule has 2 aromatic rings. The summed E-state index contributed by atoms with van der Waals surface area (Å²) in [5.41, 5.74) is 3.52. The lowest BCUT2D eigenvalue weighted by Crippen LogP contribution is -1.97. The predicted molar refractivity (Wildman–Crippen MR) is 67.3 cm³/mol. The number of para-hydroxylation sites is 1. The minimum absolute atomic E-state index is 0.274. The first-order chi connectivity index (χ1) is 8.72. The Morgan fingerprint density at radius 3 is 2.67 bits per heavy atom. The van der Waals surface area contributed by atoms with E-state index in [9.17, 15) is 0 Å². The van der Waals surface area contributed by atoms with Gasteiger partial charge >= 0.3 is 0 Å². The molecule has 1 heterocycles. The van der Waals surface area contributed by atoms with Gasteiger partial charge in [0.15, 0.2) is 0 Å². The first-order valence-electron chi connectivity index (χ1n) is 5.39. The summed E-state index contributed by atoms with van der Waals surface area (Å²) < 4.78 is 0. The highest BCUT2D eigenvalue weighted by Crippen LogP contribution is 2.20. The third kappa shape index (κ3) is 2.35. The minimum atomic E-state index is 0.274. The minimum Gasteiger partial charge on any atom is -0.360 e. The standard InChI is InChI=1S/C12H12N6/c1-8-4-3-5-9(2)11(8)14-7-10(6-13)12-15-17-18-16-12/h3-5,7,14H,1-2H3,(H,15,16,17,18).